The first-order valence-electron chi connectivity index (χ1n) is 11.7. The second-order valence-electron chi connectivity index (χ2n) is 9.77. The molecule has 4 rings (SSSR count). The molecule has 1 amide bonds. The molecule has 12 heteroatoms. The Morgan fingerprint density at radius 3 is 2.13 bits per heavy atom. The Morgan fingerprint density at radius 2 is 1.53 bits per heavy atom. The SMILES string of the molecule is CC(C)(C1CCN(C(=O)c2cc3ccccc3nc2C(F)(F)F)CC1)S(=O)(=O)c1cccc(C(F)(F)F)c1. The summed E-state index contributed by atoms with van der Waals surface area (Å²) in [6.45, 7) is 2.80. The van der Waals surface area contributed by atoms with Gasteiger partial charge >= 0.3 is 12.4 Å². The predicted molar refractivity (Wildman–Crippen MR) is 128 cm³/mol. The summed E-state index contributed by atoms with van der Waals surface area (Å²) in [5.41, 5.74) is -2.88. The van der Waals surface area contributed by atoms with Crippen LogP contribution in [0.4, 0.5) is 26.3 Å². The summed E-state index contributed by atoms with van der Waals surface area (Å²) in [6, 6.07) is 10.8. The number of pyridine rings is 1. The van der Waals surface area contributed by atoms with E-state index in [0.29, 0.717) is 11.5 Å². The molecule has 38 heavy (non-hydrogen) atoms. The Labute approximate surface area is 215 Å². The fraction of sp³-hybridized carbons (Fsp3) is 0.385. The third-order valence-corrected chi connectivity index (χ3v) is 9.75. The van der Waals surface area contributed by atoms with Gasteiger partial charge in [0.05, 0.1) is 26.3 Å². The summed E-state index contributed by atoms with van der Waals surface area (Å²) >= 11 is 0. The number of likely N-dealkylation sites (tertiary alicyclic amines) is 1. The molecule has 2 aromatic carbocycles. The summed E-state index contributed by atoms with van der Waals surface area (Å²) < 4.78 is 106. The number of halogens is 6. The topological polar surface area (TPSA) is 67.3 Å². The highest BCUT2D eigenvalue weighted by Crippen LogP contribution is 2.40. The van der Waals surface area contributed by atoms with Crippen molar-refractivity contribution in [3.63, 3.8) is 0 Å². The minimum atomic E-state index is -4.87. The number of carbonyl (C=O) groups is 1. The molecule has 0 N–H and O–H groups in total. The van der Waals surface area contributed by atoms with E-state index < -0.39 is 60.5 Å². The lowest BCUT2D eigenvalue weighted by Crippen LogP contribution is -2.48. The number of benzene rings is 2. The van der Waals surface area contributed by atoms with Crippen LogP contribution >= 0.6 is 0 Å². The normalized spacial score (nSPS) is 16.2. The molecular formula is C26H24F6N2O3S. The highest BCUT2D eigenvalue weighted by Gasteiger charge is 2.46. The Morgan fingerprint density at radius 1 is 0.895 bits per heavy atom. The van der Waals surface area contributed by atoms with Gasteiger partial charge in [0.15, 0.2) is 15.5 Å². The molecule has 1 saturated heterocycles. The largest absolute Gasteiger partial charge is 0.434 e. The molecule has 0 radical (unpaired) electrons. The van der Waals surface area contributed by atoms with Crippen LogP contribution in [-0.2, 0) is 22.2 Å². The predicted octanol–water partition coefficient (Wildman–Crippen LogP) is 6.38. The van der Waals surface area contributed by atoms with Gasteiger partial charge in [0.2, 0.25) is 0 Å². The van der Waals surface area contributed by atoms with Crippen LogP contribution in [0.2, 0.25) is 0 Å². The second kappa shape index (κ2) is 9.55. The van der Waals surface area contributed by atoms with Crippen LogP contribution in [0.5, 0.6) is 0 Å². The lowest BCUT2D eigenvalue weighted by atomic mass is 9.85. The number of hydrogen-bond donors (Lipinski definition) is 0. The van der Waals surface area contributed by atoms with E-state index in [2.05, 4.69) is 4.98 Å². The van der Waals surface area contributed by atoms with Crippen LogP contribution < -0.4 is 0 Å². The third-order valence-electron chi connectivity index (χ3n) is 7.15. The quantitative estimate of drug-likeness (QED) is 0.349. The van der Waals surface area contributed by atoms with Crippen LogP contribution in [0.3, 0.4) is 0 Å². The van der Waals surface area contributed by atoms with Crippen molar-refractivity contribution < 1.29 is 39.6 Å². The van der Waals surface area contributed by atoms with Gasteiger partial charge in [-0.05, 0) is 62.9 Å². The lowest BCUT2D eigenvalue weighted by Gasteiger charge is -2.40. The molecule has 1 aliphatic rings. The number of amides is 1. The minimum absolute atomic E-state index is 0.0187. The number of sulfone groups is 1. The summed E-state index contributed by atoms with van der Waals surface area (Å²) in [4.78, 5) is 17.6. The van der Waals surface area contributed by atoms with Gasteiger partial charge in [0.25, 0.3) is 5.91 Å². The number of alkyl halides is 6. The maximum absolute atomic E-state index is 13.7. The molecule has 1 aliphatic heterocycles. The number of rotatable bonds is 4. The molecule has 3 aromatic rings. The van der Waals surface area contributed by atoms with Crippen molar-refractivity contribution in [2.45, 2.75) is 48.7 Å². The first-order chi connectivity index (χ1) is 17.5. The van der Waals surface area contributed by atoms with Crippen molar-refractivity contribution in [1.82, 2.24) is 9.88 Å². The van der Waals surface area contributed by atoms with Crippen LogP contribution in [0.15, 0.2) is 59.5 Å². The molecule has 2 heterocycles. The number of hydrogen-bond acceptors (Lipinski definition) is 4. The molecule has 0 unspecified atom stereocenters. The van der Waals surface area contributed by atoms with Gasteiger partial charge in [-0.1, -0.05) is 24.3 Å². The van der Waals surface area contributed by atoms with Crippen molar-refractivity contribution in [2.75, 3.05) is 13.1 Å². The van der Waals surface area contributed by atoms with E-state index in [9.17, 15) is 39.6 Å². The zero-order valence-corrected chi connectivity index (χ0v) is 21.2. The van der Waals surface area contributed by atoms with Gasteiger partial charge in [-0.15, -0.1) is 0 Å². The standard InChI is InChI=1S/C26H24F6N2O3S/c1-24(2,38(36,37)19-8-5-7-18(15-19)25(27,28)29)17-10-12-34(13-11-17)23(35)20-14-16-6-3-4-9-21(16)33-22(20)26(30,31)32/h3-9,14-15,17H,10-13H2,1-2H3. The minimum Gasteiger partial charge on any atom is -0.339 e. The first kappa shape index (κ1) is 27.9. The summed E-state index contributed by atoms with van der Waals surface area (Å²) in [7, 11) is -4.22. The second-order valence-corrected chi connectivity index (χ2v) is 12.3. The van der Waals surface area contributed by atoms with Gasteiger partial charge in [-0.2, -0.15) is 26.3 Å². The van der Waals surface area contributed by atoms with E-state index >= 15 is 0 Å². The van der Waals surface area contributed by atoms with Crippen LogP contribution in [0, 0.1) is 5.92 Å². The Balaban J connectivity index is 1.57. The van der Waals surface area contributed by atoms with Crippen LogP contribution in [0.1, 0.15) is 48.3 Å². The molecule has 204 valence electrons. The Kier molecular flexibility index (Phi) is 7.00. The molecular weight excluding hydrogens is 534 g/mol. The van der Waals surface area contributed by atoms with Crippen molar-refractivity contribution in [3.8, 4) is 0 Å². The number of carbonyl (C=O) groups excluding carboxylic acids is 1. The third kappa shape index (κ3) is 5.10. The number of para-hydroxylation sites is 1. The van der Waals surface area contributed by atoms with E-state index in [0.717, 1.165) is 24.3 Å². The molecule has 0 aliphatic carbocycles. The van der Waals surface area contributed by atoms with Crippen molar-refractivity contribution in [3.05, 3.63) is 71.4 Å². The number of nitrogens with zero attached hydrogens (tertiary/aromatic N) is 2. The van der Waals surface area contributed by atoms with E-state index in [1.807, 2.05) is 0 Å². The highest BCUT2D eigenvalue weighted by molar-refractivity contribution is 7.92. The van der Waals surface area contributed by atoms with Gasteiger partial charge in [-0.25, -0.2) is 13.4 Å². The highest BCUT2D eigenvalue weighted by atomic mass is 32.2. The van der Waals surface area contributed by atoms with E-state index in [1.54, 1.807) is 12.1 Å². The van der Waals surface area contributed by atoms with Gasteiger partial charge < -0.3 is 4.90 Å². The zero-order valence-electron chi connectivity index (χ0n) is 20.4. The van der Waals surface area contributed by atoms with Crippen molar-refractivity contribution in [1.29, 1.82) is 0 Å². The Hall–Kier alpha value is -3.15. The maximum atomic E-state index is 13.7. The Bertz CT molecular complexity index is 1470. The molecule has 1 fully saturated rings. The molecule has 1 aromatic heterocycles. The lowest BCUT2D eigenvalue weighted by molar-refractivity contribution is -0.141. The van der Waals surface area contributed by atoms with Gasteiger partial charge in [-0.3, -0.25) is 4.79 Å². The van der Waals surface area contributed by atoms with Gasteiger partial charge in [0, 0.05) is 18.5 Å². The molecule has 0 atom stereocenters. The van der Waals surface area contributed by atoms with Gasteiger partial charge in [0.1, 0.15) is 0 Å². The summed E-state index contributed by atoms with van der Waals surface area (Å²) in [5.74, 6) is -1.42. The van der Waals surface area contributed by atoms with E-state index in [-0.39, 0.29) is 31.4 Å². The summed E-state index contributed by atoms with van der Waals surface area (Å²) in [5, 5.41) is 0.368. The fourth-order valence-electron chi connectivity index (χ4n) is 4.81. The molecule has 0 spiro atoms. The van der Waals surface area contributed by atoms with E-state index in [1.165, 1.54) is 30.9 Å². The summed E-state index contributed by atoms with van der Waals surface area (Å²) in [6.07, 6.45) is -9.30. The number of aromatic nitrogens is 1. The first-order valence-corrected chi connectivity index (χ1v) is 13.2. The van der Waals surface area contributed by atoms with Crippen molar-refractivity contribution >= 4 is 26.6 Å². The van der Waals surface area contributed by atoms with E-state index in [4.69, 9.17) is 0 Å². The monoisotopic (exact) mass is 558 g/mol. The number of fused-ring (bicyclic) bond motifs is 1. The van der Waals surface area contributed by atoms with Crippen LogP contribution in [-0.4, -0.2) is 42.0 Å². The zero-order chi connectivity index (χ0) is 28.1. The fourth-order valence-corrected chi connectivity index (χ4v) is 6.63. The van der Waals surface area contributed by atoms with Crippen LogP contribution in [0.25, 0.3) is 10.9 Å². The number of piperidine rings is 1. The van der Waals surface area contributed by atoms with Crippen molar-refractivity contribution in [2.24, 2.45) is 5.92 Å². The molecule has 0 saturated carbocycles. The molecule has 5 nitrogen and oxygen atoms in total. The average Bonchev–Trinajstić information content (AvgIpc) is 2.86. The average molecular weight is 559 g/mol. The maximum Gasteiger partial charge on any atom is 0.434 e. The molecule has 0 bridgehead atoms. The smallest absolute Gasteiger partial charge is 0.339 e.